The molecule has 6 rings (SSSR count). The minimum Gasteiger partial charge on any atom is -0.335 e. The third-order valence-corrected chi connectivity index (χ3v) is 6.38. The van der Waals surface area contributed by atoms with E-state index in [4.69, 9.17) is 4.98 Å². The number of halogens is 2. The fourth-order valence-corrected chi connectivity index (χ4v) is 4.79. The maximum Gasteiger partial charge on any atom is 0.161 e. The van der Waals surface area contributed by atoms with E-state index in [1.54, 1.807) is 38.0 Å². The molecule has 0 aliphatic heterocycles. The molecule has 0 spiro atoms. The van der Waals surface area contributed by atoms with E-state index in [0.717, 1.165) is 11.1 Å². The summed E-state index contributed by atoms with van der Waals surface area (Å²) in [6.07, 6.45) is 8.17. The highest BCUT2D eigenvalue weighted by molar-refractivity contribution is 5.97. The van der Waals surface area contributed by atoms with Crippen molar-refractivity contribution in [3.05, 3.63) is 78.0 Å². The van der Waals surface area contributed by atoms with Gasteiger partial charge in [-0.1, -0.05) is 0 Å². The molecule has 3 N–H and O–H groups in total. The van der Waals surface area contributed by atoms with Crippen molar-refractivity contribution in [2.45, 2.75) is 13.1 Å². The van der Waals surface area contributed by atoms with Gasteiger partial charge in [-0.2, -0.15) is 5.10 Å². The molecule has 11 heteroatoms. The van der Waals surface area contributed by atoms with Crippen LogP contribution in [0.2, 0.25) is 0 Å². The standard InChI is InChI=1S/C28H25F2N9/c1-31-8-15-4-17(7-19(29)6-15)20-11-33-12-22-26(20)36-28(35-22)27-23-21(37-38-27)13-34-25(24(23)30)18-5-16(9-32-10-18)14-39(2)3/h4-7,9-13,31H,8,14H2,1-3H3,(H,35,36)(H,37,38). The maximum absolute atomic E-state index is 16.0. The van der Waals surface area contributed by atoms with Crippen LogP contribution in [0.15, 0.2) is 55.2 Å². The van der Waals surface area contributed by atoms with Crippen LogP contribution < -0.4 is 5.32 Å². The first-order valence-electron chi connectivity index (χ1n) is 12.3. The van der Waals surface area contributed by atoms with E-state index < -0.39 is 5.82 Å². The Morgan fingerprint density at radius 3 is 2.51 bits per heavy atom. The number of nitrogens with one attached hydrogen (secondary N) is 3. The SMILES string of the molecule is CNCc1cc(F)cc(-c2cncc3[nH]c(-c4n[nH]c5cnc(-c6cncc(CN(C)C)c6)c(F)c45)nc23)c1. The third-order valence-electron chi connectivity index (χ3n) is 6.38. The molecular formula is C28H25F2N9. The second-order valence-corrected chi connectivity index (χ2v) is 9.65. The van der Waals surface area contributed by atoms with Crippen LogP contribution in [0.4, 0.5) is 8.78 Å². The second kappa shape index (κ2) is 9.93. The van der Waals surface area contributed by atoms with Gasteiger partial charge in [-0.15, -0.1) is 0 Å². The van der Waals surface area contributed by atoms with Crippen LogP contribution in [0.3, 0.4) is 0 Å². The molecule has 6 aromatic rings. The lowest BCUT2D eigenvalue weighted by Crippen LogP contribution is -2.10. The number of rotatable bonds is 7. The lowest BCUT2D eigenvalue weighted by atomic mass is 10.0. The molecular weight excluding hydrogens is 500 g/mol. The molecule has 5 heterocycles. The van der Waals surface area contributed by atoms with Crippen LogP contribution in [-0.4, -0.2) is 61.2 Å². The lowest BCUT2D eigenvalue weighted by Gasteiger charge is -2.10. The lowest BCUT2D eigenvalue weighted by molar-refractivity contribution is 0.402. The summed E-state index contributed by atoms with van der Waals surface area (Å²) in [4.78, 5) is 22.9. The largest absolute Gasteiger partial charge is 0.335 e. The zero-order chi connectivity index (χ0) is 27.1. The first-order valence-corrected chi connectivity index (χ1v) is 12.3. The monoisotopic (exact) mass is 525 g/mol. The minimum absolute atomic E-state index is 0.175. The van der Waals surface area contributed by atoms with Crippen molar-refractivity contribution < 1.29 is 8.78 Å². The van der Waals surface area contributed by atoms with E-state index >= 15 is 4.39 Å². The molecule has 0 unspecified atom stereocenters. The van der Waals surface area contributed by atoms with Crippen molar-refractivity contribution in [2.75, 3.05) is 21.1 Å². The summed E-state index contributed by atoms with van der Waals surface area (Å²) in [5, 5.41) is 10.5. The number of fused-ring (bicyclic) bond motifs is 2. The summed E-state index contributed by atoms with van der Waals surface area (Å²) < 4.78 is 30.4. The molecule has 39 heavy (non-hydrogen) atoms. The quantitative estimate of drug-likeness (QED) is 0.277. The van der Waals surface area contributed by atoms with E-state index in [-0.39, 0.29) is 16.9 Å². The predicted octanol–water partition coefficient (Wildman–Crippen LogP) is 4.68. The highest BCUT2D eigenvalue weighted by Crippen LogP contribution is 2.34. The Bertz CT molecular complexity index is 1820. The average molecular weight is 526 g/mol. The fraction of sp³-hybridized carbons (Fsp3) is 0.179. The smallest absolute Gasteiger partial charge is 0.161 e. The number of hydrogen-bond acceptors (Lipinski definition) is 7. The van der Waals surface area contributed by atoms with E-state index in [2.05, 4.69) is 35.5 Å². The topological polar surface area (TPSA) is 111 Å². The number of H-pyrrole nitrogens is 2. The highest BCUT2D eigenvalue weighted by Gasteiger charge is 2.21. The summed E-state index contributed by atoms with van der Waals surface area (Å²) >= 11 is 0. The molecule has 0 bridgehead atoms. The van der Waals surface area contributed by atoms with Crippen LogP contribution in [-0.2, 0) is 13.1 Å². The minimum atomic E-state index is -0.527. The maximum atomic E-state index is 16.0. The van der Waals surface area contributed by atoms with Crippen LogP contribution in [0.1, 0.15) is 11.1 Å². The Kier molecular flexibility index (Phi) is 6.29. The average Bonchev–Trinajstić information content (AvgIpc) is 3.53. The highest BCUT2D eigenvalue weighted by atomic mass is 19.1. The summed E-state index contributed by atoms with van der Waals surface area (Å²) in [6, 6.07) is 6.71. The Morgan fingerprint density at radius 1 is 0.872 bits per heavy atom. The fourth-order valence-electron chi connectivity index (χ4n) is 4.79. The molecule has 0 radical (unpaired) electrons. The second-order valence-electron chi connectivity index (χ2n) is 9.65. The summed E-state index contributed by atoms with van der Waals surface area (Å²) in [7, 11) is 5.72. The molecule has 0 fully saturated rings. The number of aromatic nitrogens is 7. The number of pyridine rings is 3. The molecule has 0 aliphatic carbocycles. The van der Waals surface area contributed by atoms with Gasteiger partial charge in [0.1, 0.15) is 17.2 Å². The van der Waals surface area contributed by atoms with Crippen LogP contribution in [0, 0.1) is 11.6 Å². The van der Waals surface area contributed by atoms with Gasteiger partial charge in [-0.3, -0.25) is 20.1 Å². The van der Waals surface area contributed by atoms with Gasteiger partial charge in [0.25, 0.3) is 0 Å². The number of aromatic amines is 2. The van der Waals surface area contributed by atoms with Crippen LogP contribution in [0.25, 0.3) is 55.8 Å². The molecule has 0 saturated carbocycles. The van der Waals surface area contributed by atoms with E-state index in [9.17, 15) is 4.39 Å². The number of benzene rings is 1. The van der Waals surface area contributed by atoms with Crippen molar-refractivity contribution in [3.63, 3.8) is 0 Å². The zero-order valence-corrected chi connectivity index (χ0v) is 21.5. The van der Waals surface area contributed by atoms with Crippen molar-refractivity contribution >= 4 is 21.9 Å². The summed E-state index contributed by atoms with van der Waals surface area (Å²) in [5.74, 6) is -0.524. The van der Waals surface area contributed by atoms with Gasteiger partial charge in [0.05, 0.1) is 34.3 Å². The molecule has 0 atom stereocenters. The summed E-state index contributed by atoms with van der Waals surface area (Å²) in [6.45, 7) is 1.18. The Hall–Kier alpha value is -4.61. The van der Waals surface area contributed by atoms with Crippen molar-refractivity contribution in [3.8, 4) is 33.9 Å². The van der Waals surface area contributed by atoms with Crippen LogP contribution in [0.5, 0.6) is 0 Å². The molecule has 0 amide bonds. The normalized spacial score (nSPS) is 11.7. The molecule has 5 aromatic heterocycles. The number of imidazole rings is 1. The van der Waals surface area contributed by atoms with Gasteiger partial charge >= 0.3 is 0 Å². The zero-order valence-electron chi connectivity index (χ0n) is 21.5. The summed E-state index contributed by atoms with van der Waals surface area (Å²) in [5.41, 5.74) is 5.72. The first kappa shape index (κ1) is 24.7. The Morgan fingerprint density at radius 2 is 1.69 bits per heavy atom. The van der Waals surface area contributed by atoms with Crippen molar-refractivity contribution in [1.29, 1.82) is 0 Å². The van der Waals surface area contributed by atoms with Gasteiger partial charge in [0, 0.05) is 42.8 Å². The van der Waals surface area contributed by atoms with Gasteiger partial charge in [-0.25, -0.2) is 13.8 Å². The molecule has 1 aromatic carbocycles. The predicted molar refractivity (Wildman–Crippen MR) is 146 cm³/mol. The molecule has 196 valence electrons. The Labute approximate surface area is 222 Å². The third kappa shape index (κ3) is 4.62. The number of nitrogens with zero attached hydrogens (tertiary/aromatic N) is 6. The van der Waals surface area contributed by atoms with Gasteiger partial charge < -0.3 is 15.2 Å². The Balaban J connectivity index is 1.47. The van der Waals surface area contributed by atoms with E-state index in [1.807, 2.05) is 31.1 Å². The van der Waals surface area contributed by atoms with Gasteiger partial charge in [-0.05, 0) is 62.1 Å². The number of hydrogen-bond donors (Lipinski definition) is 3. The first-order chi connectivity index (χ1) is 18.9. The molecule has 9 nitrogen and oxygen atoms in total. The van der Waals surface area contributed by atoms with Crippen molar-refractivity contribution in [2.24, 2.45) is 0 Å². The van der Waals surface area contributed by atoms with E-state index in [1.165, 1.54) is 12.1 Å². The van der Waals surface area contributed by atoms with Crippen molar-refractivity contribution in [1.82, 2.24) is 45.3 Å². The van der Waals surface area contributed by atoms with Crippen LogP contribution >= 0.6 is 0 Å². The van der Waals surface area contributed by atoms with E-state index in [0.29, 0.717) is 57.8 Å². The molecule has 0 saturated heterocycles. The van der Waals surface area contributed by atoms with Gasteiger partial charge in [0.15, 0.2) is 11.6 Å². The van der Waals surface area contributed by atoms with Gasteiger partial charge in [0.2, 0.25) is 0 Å². The molecule has 0 aliphatic rings.